The van der Waals surface area contributed by atoms with E-state index in [0.29, 0.717) is 5.54 Å². The van der Waals surface area contributed by atoms with Crippen LogP contribution in [0.1, 0.15) is 59.8 Å². The second kappa shape index (κ2) is 5.16. The lowest BCUT2D eigenvalue weighted by Gasteiger charge is -2.30. The van der Waals surface area contributed by atoms with E-state index in [1.807, 2.05) is 0 Å². The van der Waals surface area contributed by atoms with E-state index in [2.05, 4.69) is 33.0 Å². The Morgan fingerprint density at radius 3 is 1.93 bits per heavy atom. The van der Waals surface area contributed by atoms with Gasteiger partial charge < -0.3 is 5.32 Å². The molecule has 0 spiro atoms. The smallest absolute Gasteiger partial charge is 0.00966 e. The van der Waals surface area contributed by atoms with Gasteiger partial charge in [-0.05, 0) is 52.0 Å². The van der Waals surface area contributed by atoms with Gasteiger partial charge in [-0.25, -0.2) is 0 Å². The standard InChI is InChI=1S/C13H27N/c1-5-11-6-8-12(9-7-11)10-14-13(2,3)4/h11-12,14H,5-10H2,1-4H3. The maximum absolute atomic E-state index is 3.62. The van der Waals surface area contributed by atoms with Gasteiger partial charge in [0.25, 0.3) is 0 Å². The van der Waals surface area contributed by atoms with Crippen molar-refractivity contribution in [3.8, 4) is 0 Å². The Morgan fingerprint density at radius 2 is 1.50 bits per heavy atom. The Morgan fingerprint density at radius 1 is 1.00 bits per heavy atom. The molecule has 0 radical (unpaired) electrons. The van der Waals surface area contributed by atoms with Crippen molar-refractivity contribution in [2.75, 3.05) is 6.54 Å². The molecule has 0 unspecified atom stereocenters. The third-order valence-electron chi connectivity index (χ3n) is 3.46. The first-order chi connectivity index (χ1) is 6.51. The molecule has 0 aromatic heterocycles. The van der Waals surface area contributed by atoms with Gasteiger partial charge in [-0.2, -0.15) is 0 Å². The average molecular weight is 197 g/mol. The summed E-state index contributed by atoms with van der Waals surface area (Å²) < 4.78 is 0. The molecule has 1 N–H and O–H groups in total. The van der Waals surface area contributed by atoms with E-state index < -0.39 is 0 Å². The highest BCUT2D eigenvalue weighted by atomic mass is 14.9. The first-order valence-corrected chi connectivity index (χ1v) is 6.26. The van der Waals surface area contributed by atoms with Crippen LogP contribution in [0.5, 0.6) is 0 Å². The summed E-state index contributed by atoms with van der Waals surface area (Å²) in [5.41, 5.74) is 0.293. The largest absolute Gasteiger partial charge is 0.312 e. The second-order valence-electron chi connectivity index (χ2n) is 5.93. The summed E-state index contributed by atoms with van der Waals surface area (Å²) in [5, 5.41) is 3.62. The van der Waals surface area contributed by atoms with E-state index in [1.54, 1.807) is 0 Å². The number of rotatable bonds is 3. The van der Waals surface area contributed by atoms with Gasteiger partial charge in [0.1, 0.15) is 0 Å². The maximum Gasteiger partial charge on any atom is 0.00966 e. The molecule has 0 aliphatic heterocycles. The summed E-state index contributed by atoms with van der Waals surface area (Å²) in [4.78, 5) is 0. The topological polar surface area (TPSA) is 12.0 Å². The lowest BCUT2D eigenvalue weighted by molar-refractivity contribution is 0.247. The SMILES string of the molecule is CCC1CCC(CNC(C)(C)C)CC1. The molecule has 1 heteroatoms. The molecule has 0 aromatic carbocycles. The monoisotopic (exact) mass is 197 g/mol. The van der Waals surface area contributed by atoms with Gasteiger partial charge in [0.15, 0.2) is 0 Å². The predicted molar refractivity (Wildman–Crippen MR) is 63.5 cm³/mol. The van der Waals surface area contributed by atoms with Crippen LogP contribution in [0.25, 0.3) is 0 Å². The normalized spacial score (nSPS) is 29.1. The maximum atomic E-state index is 3.62. The van der Waals surface area contributed by atoms with Crippen molar-refractivity contribution in [2.45, 2.75) is 65.3 Å². The van der Waals surface area contributed by atoms with Gasteiger partial charge in [-0.3, -0.25) is 0 Å². The molecule has 84 valence electrons. The third-order valence-corrected chi connectivity index (χ3v) is 3.46. The Hall–Kier alpha value is -0.0400. The molecule has 1 aliphatic carbocycles. The zero-order valence-corrected chi connectivity index (χ0v) is 10.4. The molecule has 1 rings (SSSR count). The molecule has 0 atom stereocenters. The van der Waals surface area contributed by atoms with E-state index in [-0.39, 0.29) is 0 Å². The molecular weight excluding hydrogens is 170 g/mol. The van der Waals surface area contributed by atoms with Crippen LogP contribution in [0.3, 0.4) is 0 Å². The molecule has 0 aromatic rings. The van der Waals surface area contributed by atoms with Gasteiger partial charge >= 0.3 is 0 Å². The van der Waals surface area contributed by atoms with Gasteiger partial charge in [-0.1, -0.05) is 26.2 Å². The first-order valence-electron chi connectivity index (χ1n) is 6.26. The van der Waals surface area contributed by atoms with Crippen LogP contribution in [0, 0.1) is 11.8 Å². The highest BCUT2D eigenvalue weighted by Crippen LogP contribution is 2.30. The van der Waals surface area contributed by atoms with E-state index in [0.717, 1.165) is 11.8 Å². The quantitative estimate of drug-likeness (QED) is 0.729. The van der Waals surface area contributed by atoms with Crippen molar-refractivity contribution >= 4 is 0 Å². The number of hydrogen-bond donors (Lipinski definition) is 1. The summed E-state index contributed by atoms with van der Waals surface area (Å²) in [6.07, 6.45) is 7.21. The van der Waals surface area contributed by atoms with Crippen LogP contribution in [-0.4, -0.2) is 12.1 Å². The summed E-state index contributed by atoms with van der Waals surface area (Å²) in [6.45, 7) is 10.3. The Balaban J connectivity index is 2.16. The van der Waals surface area contributed by atoms with Crippen LogP contribution in [0.15, 0.2) is 0 Å². The molecule has 1 nitrogen and oxygen atoms in total. The zero-order valence-electron chi connectivity index (χ0n) is 10.4. The molecule has 1 saturated carbocycles. The van der Waals surface area contributed by atoms with Crippen LogP contribution >= 0.6 is 0 Å². The van der Waals surface area contributed by atoms with Gasteiger partial charge in [0, 0.05) is 5.54 Å². The summed E-state index contributed by atoms with van der Waals surface area (Å²) >= 11 is 0. The lowest BCUT2D eigenvalue weighted by Crippen LogP contribution is -2.39. The first kappa shape index (κ1) is 12.0. The van der Waals surface area contributed by atoms with Crippen LogP contribution in [-0.2, 0) is 0 Å². The van der Waals surface area contributed by atoms with E-state index in [4.69, 9.17) is 0 Å². The average Bonchev–Trinajstić information content (AvgIpc) is 2.14. The summed E-state index contributed by atoms with van der Waals surface area (Å²) in [6, 6.07) is 0. The Bertz CT molecular complexity index is 149. The van der Waals surface area contributed by atoms with E-state index in [1.165, 1.54) is 38.6 Å². The van der Waals surface area contributed by atoms with Gasteiger partial charge in [0.05, 0.1) is 0 Å². The van der Waals surface area contributed by atoms with Crippen LogP contribution in [0.4, 0.5) is 0 Å². The third kappa shape index (κ3) is 4.45. The van der Waals surface area contributed by atoms with Crippen molar-refractivity contribution in [3.63, 3.8) is 0 Å². The minimum Gasteiger partial charge on any atom is -0.312 e. The molecule has 1 aliphatic rings. The predicted octanol–water partition coefficient (Wildman–Crippen LogP) is 3.59. The van der Waals surface area contributed by atoms with Gasteiger partial charge in [-0.15, -0.1) is 0 Å². The van der Waals surface area contributed by atoms with E-state index in [9.17, 15) is 0 Å². The molecule has 1 fully saturated rings. The van der Waals surface area contributed by atoms with Gasteiger partial charge in [0.2, 0.25) is 0 Å². The molecule has 0 heterocycles. The minimum atomic E-state index is 0.293. The summed E-state index contributed by atoms with van der Waals surface area (Å²) in [7, 11) is 0. The van der Waals surface area contributed by atoms with Crippen molar-refractivity contribution in [1.82, 2.24) is 5.32 Å². The molecule has 0 bridgehead atoms. The van der Waals surface area contributed by atoms with Crippen molar-refractivity contribution in [1.29, 1.82) is 0 Å². The second-order valence-corrected chi connectivity index (χ2v) is 5.93. The number of nitrogens with one attached hydrogen (secondary N) is 1. The molecular formula is C13H27N. The fourth-order valence-electron chi connectivity index (χ4n) is 2.29. The summed E-state index contributed by atoms with van der Waals surface area (Å²) in [5.74, 6) is 1.97. The zero-order chi connectivity index (χ0) is 10.6. The van der Waals surface area contributed by atoms with Crippen molar-refractivity contribution in [2.24, 2.45) is 11.8 Å². The fraction of sp³-hybridized carbons (Fsp3) is 1.00. The highest BCUT2D eigenvalue weighted by Gasteiger charge is 2.21. The Labute approximate surface area is 89.7 Å². The highest BCUT2D eigenvalue weighted by molar-refractivity contribution is 4.77. The Kier molecular flexibility index (Phi) is 4.43. The minimum absolute atomic E-state index is 0.293. The molecule has 0 amide bonds. The van der Waals surface area contributed by atoms with Crippen molar-refractivity contribution < 1.29 is 0 Å². The lowest BCUT2D eigenvalue weighted by atomic mass is 9.80. The van der Waals surface area contributed by atoms with Crippen LogP contribution in [0.2, 0.25) is 0 Å². The van der Waals surface area contributed by atoms with Crippen LogP contribution < -0.4 is 5.32 Å². The number of hydrogen-bond acceptors (Lipinski definition) is 1. The molecule has 14 heavy (non-hydrogen) atoms. The van der Waals surface area contributed by atoms with E-state index >= 15 is 0 Å². The molecule has 0 saturated heterocycles. The fourth-order valence-corrected chi connectivity index (χ4v) is 2.29. The van der Waals surface area contributed by atoms with Crippen molar-refractivity contribution in [3.05, 3.63) is 0 Å².